The van der Waals surface area contributed by atoms with Crippen molar-refractivity contribution < 1.29 is 14.7 Å². The Morgan fingerprint density at radius 3 is 2.70 bits per heavy atom. The standard InChI is InChI=1S/C14H17BrN2O3/c1-3-6-17(9-14(19)20)8-13(18)16-11-4-5-12(15)10(2)7-11/h3-5,7H,1,6,8-9H2,2H3,(H,16,18)(H,19,20). The van der Waals surface area contributed by atoms with E-state index in [0.29, 0.717) is 12.2 Å². The van der Waals surface area contributed by atoms with E-state index in [-0.39, 0.29) is 19.0 Å². The molecule has 0 aromatic heterocycles. The molecule has 0 radical (unpaired) electrons. The molecule has 0 aliphatic heterocycles. The number of benzene rings is 1. The van der Waals surface area contributed by atoms with E-state index >= 15 is 0 Å². The summed E-state index contributed by atoms with van der Waals surface area (Å²) in [6.07, 6.45) is 1.57. The number of carboxylic acid groups (broad SMARTS) is 1. The monoisotopic (exact) mass is 340 g/mol. The molecule has 0 fully saturated rings. The molecule has 0 heterocycles. The van der Waals surface area contributed by atoms with Gasteiger partial charge >= 0.3 is 5.97 Å². The highest BCUT2D eigenvalue weighted by molar-refractivity contribution is 9.10. The predicted molar refractivity (Wildman–Crippen MR) is 81.8 cm³/mol. The number of nitrogens with one attached hydrogen (secondary N) is 1. The summed E-state index contributed by atoms with van der Waals surface area (Å²) in [4.78, 5) is 24.1. The van der Waals surface area contributed by atoms with Crippen LogP contribution in [0.2, 0.25) is 0 Å². The topological polar surface area (TPSA) is 69.6 Å². The zero-order valence-electron chi connectivity index (χ0n) is 11.2. The molecule has 2 N–H and O–H groups in total. The van der Waals surface area contributed by atoms with Crippen LogP contribution in [0.15, 0.2) is 35.3 Å². The van der Waals surface area contributed by atoms with Crippen molar-refractivity contribution >= 4 is 33.5 Å². The van der Waals surface area contributed by atoms with E-state index in [9.17, 15) is 9.59 Å². The van der Waals surface area contributed by atoms with Crippen LogP contribution in [0.1, 0.15) is 5.56 Å². The molecule has 0 saturated carbocycles. The van der Waals surface area contributed by atoms with Crippen LogP contribution in [0.25, 0.3) is 0 Å². The summed E-state index contributed by atoms with van der Waals surface area (Å²) >= 11 is 3.39. The molecule has 0 aliphatic rings. The molecule has 1 aromatic carbocycles. The van der Waals surface area contributed by atoms with Gasteiger partial charge in [-0.15, -0.1) is 6.58 Å². The summed E-state index contributed by atoms with van der Waals surface area (Å²) in [5, 5.41) is 11.5. The molecule has 20 heavy (non-hydrogen) atoms. The van der Waals surface area contributed by atoms with Crippen molar-refractivity contribution in [3.8, 4) is 0 Å². The fourth-order valence-electron chi connectivity index (χ4n) is 1.68. The lowest BCUT2D eigenvalue weighted by Gasteiger charge is -2.17. The second-order valence-corrected chi connectivity index (χ2v) is 5.22. The number of aryl methyl sites for hydroxylation is 1. The quantitative estimate of drug-likeness (QED) is 0.747. The maximum absolute atomic E-state index is 11.9. The second kappa shape index (κ2) is 7.81. The molecule has 0 aliphatic carbocycles. The average molecular weight is 341 g/mol. The second-order valence-electron chi connectivity index (χ2n) is 4.36. The van der Waals surface area contributed by atoms with Crippen molar-refractivity contribution in [3.05, 3.63) is 40.9 Å². The molecule has 108 valence electrons. The minimum absolute atomic E-state index is 0.00737. The van der Waals surface area contributed by atoms with E-state index in [4.69, 9.17) is 5.11 Å². The first-order valence-electron chi connectivity index (χ1n) is 6.03. The van der Waals surface area contributed by atoms with Crippen LogP contribution in [0.5, 0.6) is 0 Å². The fourth-order valence-corrected chi connectivity index (χ4v) is 1.93. The van der Waals surface area contributed by atoms with Gasteiger partial charge in [-0.3, -0.25) is 14.5 Å². The third-order valence-electron chi connectivity index (χ3n) is 2.56. The van der Waals surface area contributed by atoms with E-state index in [2.05, 4.69) is 27.8 Å². The lowest BCUT2D eigenvalue weighted by Crippen LogP contribution is -2.37. The summed E-state index contributed by atoms with van der Waals surface area (Å²) in [5.41, 5.74) is 1.70. The average Bonchev–Trinajstić information content (AvgIpc) is 2.33. The number of carbonyl (C=O) groups excluding carboxylic acids is 1. The number of carboxylic acids is 1. The van der Waals surface area contributed by atoms with Crippen molar-refractivity contribution in [2.24, 2.45) is 0 Å². The number of anilines is 1. The van der Waals surface area contributed by atoms with Gasteiger partial charge in [-0.2, -0.15) is 0 Å². The maximum Gasteiger partial charge on any atom is 0.317 e. The summed E-state index contributed by atoms with van der Waals surface area (Å²) in [5.74, 6) is -1.23. The zero-order chi connectivity index (χ0) is 15.1. The van der Waals surface area contributed by atoms with Crippen LogP contribution >= 0.6 is 15.9 Å². The van der Waals surface area contributed by atoms with E-state index in [1.807, 2.05) is 19.1 Å². The van der Waals surface area contributed by atoms with Crippen LogP contribution in [-0.2, 0) is 9.59 Å². The molecule has 0 spiro atoms. The summed E-state index contributed by atoms with van der Waals surface area (Å²) < 4.78 is 0.967. The van der Waals surface area contributed by atoms with Gasteiger partial charge in [0.05, 0.1) is 13.1 Å². The Kier molecular flexibility index (Phi) is 6.41. The van der Waals surface area contributed by atoms with Crippen molar-refractivity contribution in [1.29, 1.82) is 0 Å². The SMILES string of the molecule is C=CCN(CC(=O)O)CC(=O)Nc1ccc(Br)c(C)c1. The number of hydrogen-bond donors (Lipinski definition) is 2. The first-order chi connectivity index (χ1) is 9.42. The van der Waals surface area contributed by atoms with Gasteiger partial charge in [-0.25, -0.2) is 0 Å². The van der Waals surface area contributed by atoms with Crippen LogP contribution < -0.4 is 5.32 Å². The normalized spacial score (nSPS) is 10.3. The highest BCUT2D eigenvalue weighted by Gasteiger charge is 2.13. The Hall–Kier alpha value is -1.66. The van der Waals surface area contributed by atoms with E-state index in [1.54, 1.807) is 12.1 Å². The minimum Gasteiger partial charge on any atom is -0.480 e. The highest BCUT2D eigenvalue weighted by Crippen LogP contribution is 2.19. The number of halogens is 1. The van der Waals surface area contributed by atoms with Crippen molar-refractivity contribution in [3.63, 3.8) is 0 Å². The van der Waals surface area contributed by atoms with Crippen LogP contribution in [0.3, 0.4) is 0 Å². The molecule has 0 saturated heterocycles. The Balaban J connectivity index is 2.62. The van der Waals surface area contributed by atoms with Crippen LogP contribution in [-0.4, -0.2) is 41.5 Å². The predicted octanol–water partition coefficient (Wildman–Crippen LogP) is 2.27. The number of aliphatic carboxylic acids is 1. The van der Waals surface area contributed by atoms with E-state index < -0.39 is 5.97 Å². The molecule has 6 heteroatoms. The fraction of sp³-hybridized carbons (Fsp3) is 0.286. The number of rotatable bonds is 7. The van der Waals surface area contributed by atoms with Gasteiger partial charge in [-0.1, -0.05) is 22.0 Å². The smallest absolute Gasteiger partial charge is 0.317 e. The highest BCUT2D eigenvalue weighted by atomic mass is 79.9. The maximum atomic E-state index is 11.9. The largest absolute Gasteiger partial charge is 0.480 e. The van der Waals surface area contributed by atoms with Gasteiger partial charge in [0, 0.05) is 16.7 Å². The first-order valence-corrected chi connectivity index (χ1v) is 6.82. The number of nitrogens with zero attached hydrogens (tertiary/aromatic N) is 1. The van der Waals surface area contributed by atoms with Gasteiger partial charge in [0.1, 0.15) is 0 Å². The van der Waals surface area contributed by atoms with Gasteiger partial charge in [0.15, 0.2) is 0 Å². The zero-order valence-corrected chi connectivity index (χ0v) is 12.8. The summed E-state index contributed by atoms with van der Waals surface area (Å²) in [7, 11) is 0. The Labute approximate surface area is 126 Å². The molecule has 1 aromatic rings. The molecular weight excluding hydrogens is 324 g/mol. The van der Waals surface area contributed by atoms with E-state index in [1.165, 1.54) is 4.90 Å². The molecule has 0 atom stereocenters. The van der Waals surface area contributed by atoms with Crippen molar-refractivity contribution in [2.45, 2.75) is 6.92 Å². The molecule has 0 unspecified atom stereocenters. The van der Waals surface area contributed by atoms with Crippen LogP contribution in [0, 0.1) is 6.92 Å². The summed E-state index contributed by atoms with van der Waals surface area (Å²) in [6.45, 7) is 5.63. The first kappa shape index (κ1) is 16.4. The molecular formula is C14H17BrN2O3. The van der Waals surface area contributed by atoms with Crippen molar-refractivity contribution in [2.75, 3.05) is 25.0 Å². The third kappa shape index (κ3) is 5.54. The molecule has 1 amide bonds. The van der Waals surface area contributed by atoms with Gasteiger partial charge in [-0.05, 0) is 30.7 Å². The Morgan fingerprint density at radius 2 is 2.15 bits per heavy atom. The van der Waals surface area contributed by atoms with Crippen molar-refractivity contribution in [1.82, 2.24) is 4.90 Å². The number of amides is 1. The third-order valence-corrected chi connectivity index (χ3v) is 3.44. The number of hydrogen-bond acceptors (Lipinski definition) is 3. The van der Waals surface area contributed by atoms with Gasteiger partial charge in [0.25, 0.3) is 0 Å². The molecule has 5 nitrogen and oxygen atoms in total. The van der Waals surface area contributed by atoms with Crippen LogP contribution in [0.4, 0.5) is 5.69 Å². The number of carbonyl (C=O) groups is 2. The molecule has 0 bridgehead atoms. The molecule has 1 rings (SSSR count). The lowest BCUT2D eigenvalue weighted by molar-refractivity contribution is -0.138. The van der Waals surface area contributed by atoms with Gasteiger partial charge < -0.3 is 10.4 Å². The van der Waals surface area contributed by atoms with E-state index in [0.717, 1.165) is 10.0 Å². The Morgan fingerprint density at radius 1 is 1.45 bits per heavy atom. The van der Waals surface area contributed by atoms with Gasteiger partial charge in [0.2, 0.25) is 5.91 Å². The summed E-state index contributed by atoms with van der Waals surface area (Å²) in [6, 6.07) is 5.48. The Bertz CT molecular complexity index is 517. The minimum atomic E-state index is -0.973. The lowest BCUT2D eigenvalue weighted by atomic mass is 10.2.